The van der Waals surface area contributed by atoms with Crippen molar-refractivity contribution >= 4 is 11.7 Å². The van der Waals surface area contributed by atoms with Gasteiger partial charge in [-0.15, -0.1) is 0 Å². The SMILES string of the molecule is CC(C)C1=NNC(C)N1C1CC2CCC(C1)N2CCC(NC(=O)C1CN(C(O)C2CC3(CCNCC3)C2)C1)c1ccccc1. The highest BCUT2D eigenvalue weighted by atomic mass is 16.3. The second-order valence-electron chi connectivity index (χ2n) is 15.3. The van der Waals surface area contributed by atoms with Crippen LogP contribution in [0.25, 0.3) is 0 Å². The Hall–Kier alpha value is -2.20. The highest BCUT2D eigenvalue weighted by Crippen LogP contribution is 2.53. The number of nitrogens with zero attached hydrogens (tertiary/aromatic N) is 4. The molecule has 9 heteroatoms. The van der Waals surface area contributed by atoms with Crippen molar-refractivity contribution < 1.29 is 9.90 Å². The third-order valence-corrected chi connectivity index (χ3v) is 12.1. The fourth-order valence-electron chi connectivity index (χ4n) is 9.64. The molecule has 0 aromatic heterocycles. The number of amides is 1. The van der Waals surface area contributed by atoms with Crippen LogP contribution in [-0.4, -0.2) is 94.8 Å². The van der Waals surface area contributed by atoms with Crippen LogP contribution < -0.4 is 16.1 Å². The highest BCUT2D eigenvalue weighted by molar-refractivity contribution is 5.85. The first-order chi connectivity index (χ1) is 21.3. The summed E-state index contributed by atoms with van der Waals surface area (Å²) in [5.74, 6) is 2.10. The molecule has 5 fully saturated rings. The van der Waals surface area contributed by atoms with E-state index in [9.17, 15) is 9.90 Å². The van der Waals surface area contributed by atoms with E-state index in [2.05, 4.69) is 87.0 Å². The van der Waals surface area contributed by atoms with Crippen LogP contribution in [0.5, 0.6) is 0 Å². The summed E-state index contributed by atoms with van der Waals surface area (Å²) in [6, 6.07) is 12.3. The smallest absolute Gasteiger partial charge is 0.226 e. The van der Waals surface area contributed by atoms with Gasteiger partial charge in [0.2, 0.25) is 5.91 Å². The van der Waals surface area contributed by atoms with E-state index in [1.807, 2.05) is 0 Å². The number of fused-ring (bicyclic) bond motifs is 2. The Morgan fingerprint density at radius 3 is 2.41 bits per heavy atom. The van der Waals surface area contributed by atoms with Crippen LogP contribution in [-0.2, 0) is 4.79 Å². The lowest BCUT2D eigenvalue weighted by Crippen LogP contribution is -2.61. The first kappa shape index (κ1) is 30.5. The number of aliphatic hydroxyl groups is 1. The number of hydrogen-bond donors (Lipinski definition) is 4. The van der Waals surface area contributed by atoms with Crippen LogP contribution >= 0.6 is 0 Å². The topological polar surface area (TPSA) is 95.5 Å². The van der Waals surface area contributed by atoms with Crippen LogP contribution in [0, 0.1) is 23.2 Å². The van der Waals surface area contributed by atoms with E-state index in [0.29, 0.717) is 48.5 Å². The molecule has 6 aliphatic rings. The number of benzene rings is 1. The summed E-state index contributed by atoms with van der Waals surface area (Å²) in [5, 5.41) is 22.6. The van der Waals surface area contributed by atoms with E-state index in [1.54, 1.807) is 0 Å². The van der Waals surface area contributed by atoms with Crippen LogP contribution in [0.2, 0.25) is 0 Å². The number of nitrogens with one attached hydrogen (secondary N) is 3. The Balaban J connectivity index is 0.923. The monoisotopic (exact) mass is 605 g/mol. The second kappa shape index (κ2) is 12.5. The molecule has 242 valence electrons. The number of hydrazone groups is 1. The summed E-state index contributed by atoms with van der Waals surface area (Å²) >= 11 is 0. The number of rotatable bonds is 10. The molecule has 4 N–H and O–H groups in total. The van der Waals surface area contributed by atoms with E-state index < -0.39 is 6.23 Å². The molecule has 0 radical (unpaired) electrons. The number of amidine groups is 1. The van der Waals surface area contributed by atoms with Gasteiger partial charge in [-0.05, 0) is 94.7 Å². The molecule has 2 bridgehead atoms. The normalized spacial score (nSPS) is 32.2. The molecule has 5 aliphatic heterocycles. The maximum atomic E-state index is 13.5. The van der Waals surface area contributed by atoms with Gasteiger partial charge in [-0.3, -0.25) is 20.0 Å². The molecule has 5 unspecified atom stereocenters. The Kier molecular flexibility index (Phi) is 8.68. The summed E-state index contributed by atoms with van der Waals surface area (Å²) in [6.07, 6.45) is 10.5. The molecular weight excluding hydrogens is 550 g/mol. The Morgan fingerprint density at radius 1 is 1.07 bits per heavy atom. The van der Waals surface area contributed by atoms with Gasteiger partial charge in [0.1, 0.15) is 18.2 Å². The average molecular weight is 606 g/mol. The minimum atomic E-state index is -0.398. The largest absolute Gasteiger partial charge is 0.378 e. The molecule has 7 rings (SSSR count). The Morgan fingerprint density at radius 2 is 1.75 bits per heavy atom. The van der Waals surface area contributed by atoms with Gasteiger partial charge in [0, 0.05) is 43.7 Å². The van der Waals surface area contributed by atoms with Crippen LogP contribution in [0.15, 0.2) is 35.4 Å². The molecule has 44 heavy (non-hydrogen) atoms. The first-order valence-corrected chi connectivity index (χ1v) is 17.7. The van der Waals surface area contributed by atoms with E-state index in [1.165, 1.54) is 49.9 Å². The zero-order valence-corrected chi connectivity index (χ0v) is 27.1. The molecule has 1 aromatic rings. The maximum Gasteiger partial charge on any atom is 0.226 e. The molecule has 1 aliphatic carbocycles. The number of aliphatic hydroxyl groups excluding tert-OH is 1. The number of carbonyl (C=O) groups excluding carboxylic acids is 1. The third-order valence-electron chi connectivity index (χ3n) is 12.1. The molecule has 9 nitrogen and oxygen atoms in total. The summed E-state index contributed by atoms with van der Waals surface area (Å²) in [5.41, 5.74) is 4.98. The fourth-order valence-corrected chi connectivity index (χ4v) is 9.64. The minimum absolute atomic E-state index is 0.00804. The van der Waals surface area contributed by atoms with Crippen molar-refractivity contribution in [3.63, 3.8) is 0 Å². The van der Waals surface area contributed by atoms with Crippen molar-refractivity contribution in [2.45, 2.75) is 115 Å². The number of hydrogen-bond acceptors (Lipinski definition) is 8. The quantitative estimate of drug-likeness (QED) is 0.325. The summed E-state index contributed by atoms with van der Waals surface area (Å²) in [6.45, 7) is 11.3. The van der Waals surface area contributed by atoms with Crippen LogP contribution in [0.3, 0.4) is 0 Å². The van der Waals surface area contributed by atoms with Gasteiger partial charge >= 0.3 is 0 Å². The lowest BCUT2D eigenvalue weighted by atomic mass is 9.57. The van der Waals surface area contributed by atoms with Crippen LogP contribution in [0.4, 0.5) is 0 Å². The molecule has 5 heterocycles. The molecule has 1 saturated carbocycles. The highest BCUT2D eigenvalue weighted by Gasteiger charge is 2.50. The van der Waals surface area contributed by atoms with Gasteiger partial charge in [-0.25, -0.2) is 0 Å². The van der Waals surface area contributed by atoms with Gasteiger partial charge in [0.05, 0.1) is 12.0 Å². The fraction of sp³-hybridized carbons (Fsp3) is 0.771. The van der Waals surface area contributed by atoms with E-state index >= 15 is 0 Å². The predicted molar refractivity (Wildman–Crippen MR) is 174 cm³/mol. The second-order valence-corrected chi connectivity index (χ2v) is 15.3. The predicted octanol–water partition coefficient (Wildman–Crippen LogP) is 3.48. The molecular formula is C35H55N7O2. The van der Waals surface area contributed by atoms with Crippen molar-refractivity contribution in [1.29, 1.82) is 0 Å². The summed E-state index contributed by atoms with van der Waals surface area (Å²) < 4.78 is 0. The maximum absolute atomic E-state index is 13.5. The van der Waals surface area contributed by atoms with Crippen molar-refractivity contribution in [2.24, 2.45) is 28.3 Å². The van der Waals surface area contributed by atoms with Gasteiger partial charge in [0.25, 0.3) is 0 Å². The van der Waals surface area contributed by atoms with E-state index in [4.69, 9.17) is 0 Å². The summed E-state index contributed by atoms with van der Waals surface area (Å²) in [4.78, 5) is 21.0. The number of carbonyl (C=O) groups is 1. The first-order valence-electron chi connectivity index (χ1n) is 17.7. The van der Waals surface area contributed by atoms with Crippen molar-refractivity contribution in [3.8, 4) is 0 Å². The number of likely N-dealkylation sites (tertiary alicyclic amines) is 1. The molecule has 1 aromatic carbocycles. The van der Waals surface area contributed by atoms with Crippen molar-refractivity contribution in [1.82, 2.24) is 30.8 Å². The molecule has 1 spiro atoms. The van der Waals surface area contributed by atoms with E-state index in [-0.39, 0.29) is 24.0 Å². The standard InChI is InChI=1S/C35H55N7O2/c1-23(2)32-39-38-24(3)42(32)30-17-28-9-10-29(18-30)41(28)16-11-31(25-7-5-4-6-8-25)37-33(43)27-21-40(22-27)34(44)26-19-35(20-26)12-14-36-15-13-35/h4-8,23-24,26-31,34,36,38,44H,9-22H2,1-3H3,(H,37,43). The Bertz CT molecular complexity index is 1160. The number of piperidine rings is 2. The summed E-state index contributed by atoms with van der Waals surface area (Å²) in [7, 11) is 0. The molecule has 5 atom stereocenters. The average Bonchev–Trinajstić information content (AvgIpc) is 3.48. The zero-order valence-electron chi connectivity index (χ0n) is 27.1. The van der Waals surface area contributed by atoms with Gasteiger partial charge in [-0.1, -0.05) is 44.2 Å². The van der Waals surface area contributed by atoms with Gasteiger partial charge in [-0.2, -0.15) is 5.10 Å². The zero-order chi connectivity index (χ0) is 30.4. The third kappa shape index (κ3) is 5.90. The molecule has 4 saturated heterocycles. The minimum Gasteiger partial charge on any atom is -0.378 e. The van der Waals surface area contributed by atoms with Gasteiger partial charge < -0.3 is 20.6 Å². The van der Waals surface area contributed by atoms with Crippen molar-refractivity contribution in [3.05, 3.63) is 35.9 Å². The van der Waals surface area contributed by atoms with Crippen LogP contribution in [0.1, 0.15) is 90.2 Å². The van der Waals surface area contributed by atoms with Crippen molar-refractivity contribution in [2.75, 3.05) is 32.7 Å². The lowest BCUT2D eigenvalue weighted by molar-refractivity contribution is -0.160. The molecule has 1 amide bonds. The lowest BCUT2D eigenvalue weighted by Gasteiger charge is -2.55. The van der Waals surface area contributed by atoms with Gasteiger partial charge in [0.15, 0.2) is 0 Å². The Labute approximate surface area is 264 Å². The van der Waals surface area contributed by atoms with E-state index in [0.717, 1.165) is 38.9 Å².